The van der Waals surface area contributed by atoms with Gasteiger partial charge in [0.05, 0.1) is 6.10 Å². The Morgan fingerprint density at radius 2 is 1.95 bits per heavy atom. The highest BCUT2D eigenvalue weighted by molar-refractivity contribution is 14.0. The van der Waals surface area contributed by atoms with Crippen molar-refractivity contribution in [2.45, 2.75) is 58.0 Å². The highest BCUT2D eigenvalue weighted by Crippen LogP contribution is 2.22. The van der Waals surface area contributed by atoms with Crippen LogP contribution in [0.2, 0.25) is 0 Å². The van der Waals surface area contributed by atoms with E-state index in [9.17, 15) is 0 Å². The Labute approximate surface area is 140 Å². The number of nitrogens with zero attached hydrogens (tertiary/aromatic N) is 2. The molecule has 2 unspecified atom stereocenters. The van der Waals surface area contributed by atoms with Gasteiger partial charge in [-0.3, -0.25) is 4.99 Å². The third-order valence-electron chi connectivity index (χ3n) is 4.33. The molecule has 0 aromatic rings. The average molecular weight is 395 g/mol. The molecule has 0 aromatic carbocycles. The van der Waals surface area contributed by atoms with Crippen LogP contribution in [0.1, 0.15) is 51.9 Å². The fourth-order valence-electron chi connectivity index (χ4n) is 3.11. The fourth-order valence-corrected chi connectivity index (χ4v) is 3.11. The van der Waals surface area contributed by atoms with Crippen LogP contribution in [0, 0.1) is 5.92 Å². The molecular formula is C15H30IN3O. The summed E-state index contributed by atoms with van der Waals surface area (Å²) < 4.78 is 5.58. The predicted octanol–water partition coefficient (Wildman–Crippen LogP) is 3.00. The lowest BCUT2D eigenvalue weighted by atomic mass is 9.93. The molecule has 5 heteroatoms. The van der Waals surface area contributed by atoms with Gasteiger partial charge in [-0.1, -0.05) is 12.8 Å². The van der Waals surface area contributed by atoms with Crippen LogP contribution in [0.4, 0.5) is 0 Å². The average Bonchev–Trinajstić information content (AvgIpc) is 2.67. The summed E-state index contributed by atoms with van der Waals surface area (Å²) >= 11 is 0. The van der Waals surface area contributed by atoms with Gasteiger partial charge >= 0.3 is 0 Å². The molecule has 0 spiro atoms. The highest BCUT2D eigenvalue weighted by Gasteiger charge is 2.19. The van der Waals surface area contributed by atoms with Crippen LogP contribution < -0.4 is 5.73 Å². The number of hydrogen-bond donors (Lipinski definition) is 1. The third kappa shape index (κ3) is 6.16. The zero-order chi connectivity index (χ0) is 13.5. The number of nitrogens with two attached hydrogens (primary N) is 1. The SMILES string of the molecule is CC1CC(CCN=C(N)N2CCCCCC2)CCO1.I. The van der Waals surface area contributed by atoms with E-state index in [-0.39, 0.29) is 24.0 Å². The number of halogens is 1. The summed E-state index contributed by atoms with van der Waals surface area (Å²) in [7, 11) is 0. The van der Waals surface area contributed by atoms with Gasteiger partial charge < -0.3 is 15.4 Å². The van der Waals surface area contributed by atoms with E-state index in [4.69, 9.17) is 10.5 Å². The van der Waals surface area contributed by atoms with Crippen LogP contribution in [0.5, 0.6) is 0 Å². The maximum absolute atomic E-state index is 6.11. The van der Waals surface area contributed by atoms with Gasteiger partial charge in [-0.25, -0.2) is 0 Å². The highest BCUT2D eigenvalue weighted by atomic mass is 127. The van der Waals surface area contributed by atoms with Crippen molar-refractivity contribution in [3.8, 4) is 0 Å². The molecule has 0 saturated carbocycles. The van der Waals surface area contributed by atoms with E-state index in [0.717, 1.165) is 44.5 Å². The first-order valence-corrected chi connectivity index (χ1v) is 7.92. The van der Waals surface area contributed by atoms with Crippen molar-refractivity contribution in [3.63, 3.8) is 0 Å². The Balaban J connectivity index is 0.00000200. The van der Waals surface area contributed by atoms with Crippen molar-refractivity contribution in [1.29, 1.82) is 0 Å². The maximum atomic E-state index is 6.11. The van der Waals surface area contributed by atoms with E-state index in [0.29, 0.717) is 6.10 Å². The Morgan fingerprint density at radius 1 is 1.25 bits per heavy atom. The van der Waals surface area contributed by atoms with Gasteiger partial charge in [0.15, 0.2) is 5.96 Å². The largest absolute Gasteiger partial charge is 0.378 e. The molecule has 2 rings (SSSR count). The van der Waals surface area contributed by atoms with Crippen LogP contribution in [0.3, 0.4) is 0 Å². The van der Waals surface area contributed by atoms with E-state index in [2.05, 4.69) is 16.8 Å². The van der Waals surface area contributed by atoms with E-state index in [1.165, 1.54) is 38.5 Å². The predicted molar refractivity (Wildman–Crippen MR) is 94.7 cm³/mol. The van der Waals surface area contributed by atoms with Crippen molar-refractivity contribution in [1.82, 2.24) is 4.90 Å². The summed E-state index contributed by atoms with van der Waals surface area (Å²) in [6, 6.07) is 0. The zero-order valence-electron chi connectivity index (χ0n) is 12.7. The molecule has 0 bridgehead atoms. The molecule has 2 heterocycles. The normalized spacial score (nSPS) is 28.6. The zero-order valence-corrected chi connectivity index (χ0v) is 15.1. The van der Waals surface area contributed by atoms with Crippen LogP contribution in [-0.2, 0) is 4.74 Å². The monoisotopic (exact) mass is 395 g/mol. The summed E-state index contributed by atoms with van der Waals surface area (Å²) in [6.07, 6.45) is 9.13. The second-order valence-electron chi connectivity index (χ2n) is 6.00. The molecule has 0 amide bonds. The molecule has 20 heavy (non-hydrogen) atoms. The summed E-state index contributed by atoms with van der Waals surface area (Å²) in [5, 5.41) is 0. The van der Waals surface area contributed by atoms with Crippen molar-refractivity contribution in [3.05, 3.63) is 0 Å². The molecule has 2 aliphatic heterocycles. The van der Waals surface area contributed by atoms with Crippen LogP contribution in [0.25, 0.3) is 0 Å². The Kier molecular flexibility index (Phi) is 8.84. The van der Waals surface area contributed by atoms with Crippen molar-refractivity contribution in [2.24, 2.45) is 16.6 Å². The Bertz CT molecular complexity index is 291. The van der Waals surface area contributed by atoms with E-state index in [1.807, 2.05) is 0 Å². The number of likely N-dealkylation sites (tertiary alicyclic amines) is 1. The van der Waals surface area contributed by atoms with Gasteiger partial charge in [-0.2, -0.15) is 0 Å². The first kappa shape index (κ1) is 18.0. The minimum atomic E-state index is 0. The van der Waals surface area contributed by atoms with Crippen LogP contribution in [-0.4, -0.2) is 43.2 Å². The first-order chi connectivity index (χ1) is 9.25. The second-order valence-corrected chi connectivity index (χ2v) is 6.00. The third-order valence-corrected chi connectivity index (χ3v) is 4.33. The van der Waals surface area contributed by atoms with Crippen molar-refractivity contribution in [2.75, 3.05) is 26.2 Å². The molecule has 2 fully saturated rings. The second kappa shape index (κ2) is 9.82. The molecule has 0 aromatic heterocycles. The Hall–Kier alpha value is -0.0400. The summed E-state index contributed by atoms with van der Waals surface area (Å²) in [4.78, 5) is 6.85. The van der Waals surface area contributed by atoms with Crippen molar-refractivity contribution < 1.29 is 4.74 Å². The molecule has 0 radical (unpaired) electrons. The van der Waals surface area contributed by atoms with E-state index >= 15 is 0 Å². The summed E-state index contributed by atoms with van der Waals surface area (Å²) in [5.41, 5.74) is 6.11. The number of ether oxygens (including phenoxy) is 1. The fraction of sp³-hybridized carbons (Fsp3) is 0.933. The van der Waals surface area contributed by atoms with Gasteiger partial charge in [-0.05, 0) is 44.9 Å². The molecule has 118 valence electrons. The number of guanidine groups is 1. The molecule has 2 atom stereocenters. The minimum absolute atomic E-state index is 0. The summed E-state index contributed by atoms with van der Waals surface area (Å²) in [6.45, 7) is 6.13. The van der Waals surface area contributed by atoms with E-state index in [1.54, 1.807) is 0 Å². The molecule has 2 aliphatic rings. The molecule has 2 saturated heterocycles. The minimum Gasteiger partial charge on any atom is -0.378 e. The number of hydrogen-bond acceptors (Lipinski definition) is 2. The lowest BCUT2D eigenvalue weighted by molar-refractivity contribution is 0.00147. The van der Waals surface area contributed by atoms with Crippen LogP contribution in [0.15, 0.2) is 4.99 Å². The lowest BCUT2D eigenvalue weighted by Gasteiger charge is -2.27. The summed E-state index contributed by atoms with van der Waals surface area (Å²) in [5.74, 6) is 1.53. The van der Waals surface area contributed by atoms with Crippen molar-refractivity contribution >= 4 is 29.9 Å². The number of rotatable bonds is 3. The lowest BCUT2D eigenvalue weighted by Crippen LogP contribution is -2.38. The standard InChI is InChI=1S/C15H29N3O.HI/c1-13-12-14(7-11-19-13)6-8-17-15(16)18-9-4-2-3-5-10-18;/h13-14H,2-12H2,1H3,(H2,16,17);1H. The smallest absolute Gasteiger partial charge is 0.191 e. The first-order valence-electron chi connectivity index (χ1n) is 7.92. The van der Waals surface area contributed by atoms with Gasteiger partial charge in [0.25, 0.3) is 0 Å². The molecule has 2 N–H and O–H groups in total. The van der Waals surface area contributed by atoms with Gasteiger partial charge in [0.1, 0.15) is 0 Å². The quantitative estimate of drug-likeness (QED) is 0.454. The Morgan fingerprint density at radius 3 is 2.60 bits per heavy atom. The van der Waals surface area contributed by atoms with Gasteiger partial charge in [0, 0.05) is 26.2 Å². The van der Waals surface area contributed by atoms with Gasteiger partial charge in [-0.15, -0.1) is 24.0 Å². The molecule has 0 aliphatic carbocycles. The van der Waals surface area contributed by atoms with Crippen LogP contribution >= 0.6 is 24.0 Å². The molecule has 4 nitrogen and oxygen atoms in total. The molecular weight excluding hydrogens is 365 g/mol. The topological polar surface area (TPSA) is 50.8 Å². The number of aliphatic imine (C=N–C) groups is 1. The van der Waals surface area contributed by atoms with E-state index < -0.39 is 0 Å². The maximum Gasteiger partial charge on any atom is 0.191 e. The van der Waals surface area contributed by atoms with Gasteiger partial charge in [0.2, 0.25) is 0 Å².